The molecule has 3 rings (SSSR count). The minimum atomic E-state index is -0.606. The summed E-state index contributed by atoms with van der Waals surface area (Å²) in [4.78, 5) is 28.1. The predicted octanol–water partition coefficient (Wildman–Crippen LogP) is 2.89. The number of nitrogens with one attached hydrogen (secondary N) is 1. The van der Waals surface area contributed by atoms with Crippen molar-refractivity contribution in [3.63, 3.8) is 0 Å². The predicted molar refractivity (Wildman–Crippen MR) is 91.2 cm³/mol. The monoisotopic (exact) mass is 325 g/mol. The minimum absolute atomic E-state index is 0.0291. The summed E-state index contributed by atoms with van der Waals surface area (Å²) < 4.78 is 0.994. The summed E-state index contributed by atoms with van der Waals surface area (Å²) in [7, 11) is 0. The molecule has 0 fully saturated rings. The van der Waals surface area contributed by atoms with Crippen LogP contribution in [0.5, 0.6) is 0 Å². The van der Waals surface area contributed by atoms with E-state index in [1.54, 1.807) is 11.6 Å². The van der Waals surface area contributed by atoms with E-state index in [-0.39, 0.29) is 12.3 Å². The Labute approximate surface area is 137 Å². The first-order valence-corrected chi connectivity index (χ1v) is 7.99. The second-order valence-corrected chi connectivity index (χ2v) is 6.04. The van der Waals surface area contributed by atoms with E-state index in [4.69, 9.17) is 5.73 Å². The molecule has 1 heterocycles. The van der Waals surface area contributed by atoms with Gasteiger partial charge in [0.15, 0.2) is 0 Å². The zero-order valence-corrected chi connectivity index (χ0v) is 13.0. The van der Waals surface area contributed by atoms with Gasteiger partial charge in [0, 0.05) is 12.1 Å². The van der Waals surface area contributed by atoms with Gasteiger partial charge in [-0.05, 0) is 23.8 Å². The lowest BCUT2D eigenvalue weighted by Gasteiger charge is -2.16. The number of nitrogens with two attached hydrogens (primary N) is 1. The van der Waals surface area contributed by atoms with E-state index in [2.05, 4.69) is 10.3 Å². The Morgan fingerprint density at radius 3 is 2.70 bits per heavy atom. The fourth-order valence-electron chi connectivity index (χ4n) is 2.41. The second kappa shape index (κ2) is 6.58. The Morgan fingerprint density at radius 2 is 1.96 bits per heavy atom. The van der Waals surface area contributed by atoms with E-state index in [0.29, 0.717) is 5.69 Å². The molecule has 0 spiro atoms. The number of hydrogen-bond donors (Lipinski definition) is 2. The van der Waals surface area contributed by atoms with Gasteiger partial charge in [-0.15, -0.1) is 11.3 Å². The average Bonchev–Trinajstić information content (AvgIpc) is 3.01. The third-order valence-electron chi connectivity index (χ3n) is 3.52. The molecule has 23 heavy (non-hydrogen) atoms. The molecule has 2 amide bonds. The summed E-state index contributed by atoms with van der Waals surface area (Å²) in [5.41, 5.74) is 9.39. The Hall–Kier alpha value is -2.73. The van der Waals surface area contributed by atoms with E-state index in [1.807, 2.05) is 42.5 Å². The molecule has 116 valence electrons. The van der Waals surface area contributed by atoms with Gasteiger partial charge in [-0.2, -0.15) is 0 Å². The van der Waals surface area contributed by atoms with Crippen LogP contribution >= 0.6 is 11.3 Å². The second-order valence-electron chi connectivity index (χ2n) is 5.16. The molecule has 3 N–H and O–H groups in total. The van der Waals surface area contributed by atoms with E-state index in [1.165, 1.54) is 11.3 Å². The van der Waals surface area contributed by atoms with E-state index >= 15 is 0 Å². The molecular formula is C17H15N3O2S. The highest BCUT2D eigenvalue weighted by Crippen LogP contribution is 2.25. The molecule has 0 radical (unpaired) electrons. The first-order chi connectivity index (χ1) is 11.1. The number of benzene rings is 2. The molecule has 0 aliphatic rings. The summed E-state index contributed by atoms with van der Waals surface area (Å²) >= 11 is 1.51. The van der Waals surface area contributed by atoms with Crippen LogP contribution in [0, 0.1) is 0 Å². The van der Waals surface area contributed by atoms with Crippen molar-refractivity contribution >= 4 is 39.1 Å². The van der Waals surface area contributed by atoms with Crippen LogP contribution in [0.3, 0.4) is 0 Å². The Bertz CT molecular complexity index is 845. The van der Waals surface area contributed by atoms with E-state index < -0.39 is 11.8 Å². The minimum Gasteiger partial charge on any atom is -0.370 e. The lowest BCUT2D eigenvalue weighted by Crippen LogP contribution is -2.26. The summed E-state index contributed by atoms with van der Waals surface area (Å²) in [5, 5.41) is 2.86. The number of thiazole rings is 1. The van der Waals surface area contributed by atoms with Crippen molar-refractivity contribution in [2.24, 2.45) is 5.73 Å². The zero-order chi connectivity index (χ0) is 16.2. The number of amides is 2. The smallest absolute Gasteiger partial charge is 0.232 e. The fourth-order valence-corrected chi connectivity index (χ4v) is 3.13. The van der Waals surface area contributed by atoms with Crippen LogP contribution in [0.4, 0.5) is 5.69 Å². The Morgan fingerprint density at radius 1 is 1.17 bits per heavy atom. The van der Waals surface area contributed by atoms with E-state index in [0.717, 1.165) is 15.8 Å². The van der Waals surface area contributed by atoms with Gasteiger partial charge < -0.3 is 11.1 Å². The molecule has 0 saturated carbocycles. The first kappa shape index (κ1) is 15.2. The van der Waals surface area contributed by atoms with Crippen LogP contribution in [0.1, 0.15) is 17.9 Å². The van der Waals surface area contributed by atoms with Gasteiger partial charge in [0.25, 0.3) is 0 Å². The molecule has 0 aliphatic heterocycles. The highest BCUT2D eigenvalue weighted by molar-refractivity contribution is 7.16. The first-order valence-electron chi connectivity index (χ1n) is 7.11. The maximum atomic E-state index is 12.6. The van der Waals surface area contributed by atoms with Gasteiger partial charge in [-0.3, -0.25) is 9.59 Å². The van der Waals surface area contributed by atoms with Gasteiger partial charge in [-0.1, -0.05) is 30.3 Å². The summed E-state index contributed by atoms with van der Waals surface area (Å²) in [6.07, 6.45) is -0.0291. The molecule has 2 aromatic carbocycles. The van der Waals surface area contributed by atoms with Crippen molar-refractivity contribution in [3.8, 4) is 0 Å². The van der Waals surface area contributed by atoms with E-state index in [9.17, 15) is 9.59 Å². The van der Waals surface area contributed by atoms with Gasteiger partial charge >= 0.3 is 0 Å². The molecule has 1 aromatic heterocycles. The van der Waals surface area contributed by atoms with Crippen molar-refractivity contribution in [1.29, 1.82) is 0 Å². The number of carbonyl (C=O) groups excluding carboxylic acids is 2. The van der Waals surface area contributed by atoms with Crippen molar-refractivity contribution in [2.45, 2.75) is 12.3 Å². The number of carbonyl (C=O) groups is 2. The number of aromatic nitrogens is 1. The number of rotatable bonds is 5. The van der Waals surface area contributed by atoms with Crippen LogP contribution in [0.25, 0.3) is 10.2 Å². The normalized spacial score (nSPS) is 12.0. The molecule has 6 heteroatoms. The third kappa shape index (κ3) is 3.54. The third-order valence-corrected chi connectivity index (χ3v) is 4.31. The topological polar surface area (TPSA) is 85.1 Å². The summed E-state index contributed by atoms with van der Waals surface area (Å²) in [5.74, 6) is -1.36. The maximum Gasteiger partial charge on any atom is 0.232 e. The average molecular weight is 325 g/mol. The molecular weight excluding hydrogens is 310 g/mol. The van der Waals surface area contributed by atoms with Crippen LogP contribution in [0.15, 0.2) is 54.0 Å². The highest BCUT2D eigenvalue weighted by atomic mass is 32.1. The number of nitrogens with zero attached hydrogens (tertiary/aromatic N) is 1. The molecule has 0 saturated heterocycles. The maximum absolute atomic E-state index is 12.6. The molecule has 5 nitrogen and oxygen atoms in total. The van der Waals surface area contributed by atoms with Crippen molar-refractivity contribution in [1.82, 2.24) is 4.98 Å². The van der Waals surface area contributed by atoms with Crippen molar-refractivity contribution < 1.29 is 9.59 Å². The zero-order valence-electron chi connectivity index (χ0n) is 12.2. The van der Waals surface area contributed by atoms with Gasteiger partial charge in [0.05, 0.1) is 21.6 Å². The van der Waals surface area contributed by atoms with Crippen LogP contribution in [-0.4, -0.2) is 16.8 Å². The molecule has 1 atom stereocenters. The quantitative estimate of drug-likeness (QED) is 0.756. The molecule has 0 unspecified atom stereocenters. The fraction of sp³-hybridized carbons (Fsp3) is 0.118. The Kier molecular flexibility index (Phi) is 4.34. The number of primary amides is 1. The highest BCUT2D eigenvalue weighted by Gasteiger charge is 2.22. The van der Waals surface area contributed by atoms with Crippen molar-refractivity contribution in [3.05, 3.63) is 59.6 Å². The SMILES string of the molecule is NC(=O)C[C@@H](C(=O)Nc1ccc2ncsc2c1)c1ccccc1. The van der Waals surface area contributed by atoms with Crippen LogP contribution in [-0.2, 0) is 9.59 Å². The number of fused-ring (bicyclic) bond motifs is 1. The number of hydrogen-bond acceptors (Lipinski definition) is 4. The Balaban J connectivity index is 1.84. The lowest BCUT2D eigenvalue weighted by atomic mass is 9.94. The van der Waals surface area contributed by atoms with Gasteiger partial charge in [-0.25, -0.2) is 4.98 Å². The van der Waals surface area contributed by atoms with Crippen LogP contribution < -0.4 is 11.1 Å². The number of anilines is 1. The lowest BCUT2D eigenvalue weighted by molar-refractivity contribution is -0.123. The molecule has 0 aliphatic carbocycles. The van der Waals surface area contributed by atoms with Crippen molar-refractivity contribution in [2.75, 3.05) is 5.32 Å². The summed E-state index contributed by atoms with van der Waals surface area (Å²) in [6.45, 7) is 0. The summed E-state index contributed by atoms with van der Waals surface area (Å²) in [6, 6.07) is 14.7. The molecule has 0 bridgehead atoms. The molecule has 3 aromatic rings. The standard InChI is InChI=1S/C17H15N3O2S/c18-16(21)9-13(11-4-2-1-3-5-11)17(22)20-12-6-7-14-15(8-12)23-10-19-14/h1-8,10,13H,9H2,(H2,18,21)(H,20,22)/t13-/m1/s1. The largest absolute Gasteiger partial charge is 0.370 e. The van der Waals surface area contributed by atoms with Gasteiger partial charge in [0.1, 0.15) is 0 Å². The van der Waals surface area contributed by atoms with Crippen LogP contribution in [0.2, 0.25) is 0 Å². The van der Waals surface area contributed by atoms with Gasteiger partial charge in [0.2, 0.25) is 11.8 Å².